The van der Waals surface area contributed by atoms with Gasteiger partial charge in [-0.05, 0) is 36.6 Å². The highest BCUT2D eigenvalue weighted by Gasteiger charge is 2.08. The van der Waals surface area contributed by atoms with Crippen LogP contribution in [-0.4, -0.2) is 11.7 Å². The van der Waals surface area contributed by atoms with Crippen LogP contribution in [0.1, 0.15) is 24.0 Å². The molecule has 0 saturated carbocycles. The molecule has 0 saturated heterocycles. The van der Waals surface area contributed by atoms with Gasteiger partial charge in [0.1, 0.15) is 5.75 Å². The third-order valence-electron chi connectivity index (χ3n) is 2.23. The van der Waals surface area contributed by atoms with Gasteiger partial charge >= 0.3 is 0 Å². The van der Waals surface area contributed by atoms with Gasteiger partial charge in [0.2, 0.25) is 0 Å². The first-order valence-corrected chi connectivity index (χ1v) is 4.15. The van der Waals surface area contributed by atoms with Crippen LogP contribution in [0.3, 0.4) is 0 Å². The van der Waals surface area contributed by atoms with E-state index in [1.807, 2.05) is 19.1 Å². The van der Waals surface area contributed by atoms with E-state index in [4.69, 9.17) is 5.73 Å². The molecule has 0 aliphatic rings. The first-order valence-electron chi connectivity index (χ1n) is 4.15. The van der Waals surface area contributed by atoms with Gasteiger partial charge in [-0.2, -0.15) is 0 Å². The third kappa shape index (κ3) is 1.59. The molecular formula is C10H15NO. The van der Waals surface area contributed by atoms with Gasteiger partial charge in [-0.25, -0.2) is 0 Å². The lowest BCUT2D eigenvalue weighted by atomic mass is 9.96. The summed E-state index contributed by atoms with van der Waals surface area (Å²) in [5.74, 6) is 0.671. The molecule has 1 aromatic rings. The molecule has 2 heteroatoms. The topological polar surface area (TPSA) is 46.2 Å². The Morgan fingerprint density at radius 2 is 2.17 bits per heavy atom. The first-order chi connectivity index (χ1) is 5.66. The van der Waals surface area contributed by atoms with Crippen molar-refractivity contribution in [3.05, 3.63) is 29.3 Å². The zero-order chi connectivity index (χ0) is 9.14. The maximum absolute atomic E-state index is 9.40. The third-order valence-corrected chi connectivity index (χ3v) is 2.23. The summed E-state index contributed by atoms with van der Waals surface area (Å²) in [7, 11) is 0. The Hall–Kier alpha value is -1.02. The molecule has 2 nitrogen and oxygen atoms in total. The van der Waals surface area contributed by atoms with Gasteiger partial charge in [0.05, 0.1) is 0 Å². The average molecular weight is 165 g/mol. The fourth-order valence-electron chi connectivity index (χ4n) is 1.30. The molecule has 0 aromatic heterocycles. The van der Waals surface area contributed by atoms with E-state index in [0.717, 1.165) is 11.1 Å². The van der Waals surface area contributed by atoms with Crippen molar-refractivity contribution >= 4 is 0 Å². The molecule has 0 amide bonds. The minimum Gasteiger partial charge on any atom is -0.508 e. The summed E-state index contributed by atoms with van der Waals surface area (Å²) in [5.41, 5.74) is 7.62. The molecule has 1 unspecified atom stereocenters. The van der Waals surface area contributed by atoms with Gasteiger partial charge in [-0.15, -0.1) is 0 Å². The van der Waals surface area contributed by atoms with Gasteiger partial charge in [-0.3, -0.25) is 0 Å². The van der Waals surface area contributed by atoms with E-state index < -0.39 is 0 Å². The van der Waals surface area contributed by atoms with Crippen molar-refractivity contribution in [3.8, 4) is 5.75 Å². The number of phenols is 1. The minimum absolute atomic E-state index is 0.317. The lowest BCUT2D eigenvalue weighted by Gasteiger charge is -2.12. The predicted octanol–water partition coefficient (Wildman–Crippen LogP) is 1.76. The van der Waals surface area contributed by atoms with Crippen molar-refractivity contribution in [1.29, 1.82) is 0 Å². The highest BCUT2D eigenvalue weighted by molar-refractivity contribution is 5.39. The SMILES string of the molecule is Cc1c(O)cccc1C(C)CN. The number of rotatable bonds is 2. The second-order valence-corrected chi connectivity index (χ2v) is 3.13. The molecule has 0 spiro atoms. The van der Waals surface area contributed by atoms with Crippen LogP contribution in [-0.2, 0) is 0 Å². The summed E-state index contributed by atoms with van der Waals surface area (Å²) in [5, 5.41) is 9.40. The van der Waals surface area contributed by atoms with Gasteiger partial charge in [0.25, 0.3) is 0 Å². The Morgan fingerprint density at radius 1 is 1.50 bits per heavy atom. The lowest BCUT2D eigenvalue weighted by Crippen LogP contribution is -2.09. The van der Waals surface area contributed by atoms with E-state index >= 15 is 0 Å². The summed E-state index contributed by atoms with van der Waals surface area (Å²) in [6, 6.07) is 5.55. The van der Waals surface area contributed by atoms with Gasteiger partial charge < -0.3 is 10.8 Å². The second kappa shape index (κ2) is 3.59. The molecule has 0 bridgehead atoms. The monoisotopic (exact) mass is 165 g/mol. The van der Waals surface area contributed by atoms with Crippen LogP contribution in [0.15, 0.2) is 18.2 Å². The normalized spacial score (nSPS) is 12.9. The van der Waals surface area contributed by atoms with Gasteiger partial charge in [0, 0.05) is 0 Å². The Kier molecular flexibility index (Phi) is 2.71. The standard InChI is InChI=1S/C10H15NO/c1-7(6-11)9-4-3-5-10(12)8(9)2/h3-5,7,12H,6,11H2,1-2H3. The van der Waals surface area contributed by atoms with Crippen LogP contribution in [0.25, 0.3) is 0 Å². The Morgan fingerprint density at radius 3 is 2.75 bits per heavy atom. The minimum atomic E-state index is 0.317. The molecule has 1 rings (SSSR count). The van der Waals surface area contributed by atoms with Crippen LogP contribution in [0.2, 0.25) is 0 Å². The Bertz CT molecular complexity index is 271. The van der Waals surface area contributed by atoms with Crippen molar-refractivity contribution in [2.24, 2.45) is 5.73 Å². The van der Waals surface area contributed by atoms with Crippen molar-refractivity contribution in [3.63, 3.8) is 0 Å². The fraction of sp³-hybridized carbons (Fsp3) is 0.400. The first kappa shape index (κ1) is 9.07. The number of benzene rings is 1. The van der Waals surface area contributed by atoms with Crippen molar-refractivity contribution in [2.75, 3.05) is 6.54 Å². The summed E-state index contributed by atoms with van der Waals surface area (Å²) in [6.45, 7) is 4.59. The molecule has 0 aliphatic heterocycles. The maximum atomic E-state index is 9.40. The number of aromatic hydroxyl groups is 1. The van der Waals surface area contributed by atoms with E-state index in [1.165, 1.54) is 0 Å². The second-order valence-electron chi connectivity index (χ2n) is 3.13. The largest absolute Gasteiger partial charge is 0.508 e. The number of hydrogen-bond donors (Lipinski definition) is 2. The molecule has 12 heavy (non-hydrogen) atoms. The number of hydrogen-bond acceptors (Lipinski definition) is 2. The highest BCUT2D eigenvalue weighted by Crippen LogP contribution is 2.25. The molecule has 3 N–H and O–H groups in total. The van der Waals surface area contributed by atoms with E-state index in [0.29, 0.717) is 18.2 Å². The predicted molar refractivity (Wildman–Crippen MR) is 50.3 cm³/mol. The van der Waals surface area contributed by atoms with Crippen LogP contribution >= 0.6 is 0 Å². The van der Waals surface area contributed by atoms with E-state index in [-0.39, 0.29) is 0 Å². The maximum Gasteiger partial charge on any atom is 0.118 e. The quantitative estimate of drug-likeness (QED) is 0.701. The van der Waals surface area contributed by atoms with Crippen LogP contribution < -0.4 is 5.73 Å². The summed E-state index contributed by atoms with van der Waals surface area (Å²) in [6.07, 6.45) is 0. The van der Waals surface area contributed by atoms with Crippen molar-refractivity contribution in [1.82, 2.24) is 0 Å². The highest BCUT2D eigenvalue weighted by atomic mass is 16.3. The molecule has 0 radical (unpaired) electrons. The van der Waals surface area contributed by atoms with E-state index in [2.05, 4.69) is 6.92 Å². The Labute approximate surface area is 73.0 Å². The van der Waals surface area contributed by atoms with Crippen LogP contribution in [0, 0.1) is 6.92 Å². The molecule has 1 aromatic carbocycles. The van der Waals surface area contributed by atoms with Crippen molar-refractivity contribution < 1.29 is 5.11 Å². The molecular weight excluding hydrogens is 150 g/mol. The van der Waals surface area contributed by atoms with Gasteiger partial charge in [0.15, 0.2) is 0 Å². The summed E-state index contributed by atoms with van der Waals surface area (Å²) >= 11 is 0. The zero-order valence-corrected chi connectivity index (χ0v) is 7.54. The Balaban J connectivity index is 3.07. The zero-order valence-electron chi connectivity index (χ0n) is 7.54. The number of phenolic OH excluding ortho intramolecular Hbond substituents is 1. The molecule has 0 aliphatic carbocycles. The summed E-state index contributed by atoms with van der Waals surface area (Å²) < 4.78 is 0. The van der Waals surface area contributed by atoms with Gasteiger partial charge in [-0.1, -0.05) is 19.1 Å². The summed E-state index contributed by atoms with van der Waals surface area (Å²) in [4.78, 5) is 0. The van der Waals surface area contributed by atoms with Crippen LogP contribution in [0.5, 0.6) is 5.75 Å². The smallest absolute Gasteiger partial charge is 0.118 e. The average Bonchev–Trinajstić information content (AvgIpc) is 2.08. The molecule has 0 heterocycles. The molecule has 66 valence electrons. The fourth-order valence-corrected chi connectivity index (χ4v) is 1.30. The van der Waals surface area contributed by atoms with E-state index in [9.17, 15) is 5.11 Å². The van der Waals surface area contributed by atoms with E-state index in [1.54, 1.807) is 6.07 Å². The van der Waals surface area contributed by atoms with Crippen molar-refractivity contribution in [2.45, 2.75) is 19.8 Å². The molecule has 1 atom stereocenters. The lowest BCUT2D eigenvalue weighted by molar-refractivity contribution is 0.469. The number of nitrogens with two attached hydrogens (primary N) is 1. The molecule has 0 fully saturated rings. The van der Waals surface area contributed by atoms with Crippen LogP contribution in [0.4, 0.5) is 0 Å².